The molecule has 0 heterocycles. The zero-order valence-corrected chi connectivity index (χ0v) is 26.2. The lowest BCUT2D eigenvalue weighted by molar-refractivity contribution is -0.125. The van der Waals surface area contributed by atoms with Gasteiger partial charge in [0.25, 0.3) is 0 Å². The Kier molecular flexibility index (Phi) is 23.2. The Morgan fingerprint density at radius 1 is 0.600 bits per heavy atom. The highest BCUT2D eigenvalue weighted by Gasteiger charge is 2.22. The number of Topliss-reactive ketones (excluding diaryl/α,β-unsaturated/α-hetero) is 1. The van der Waals surface area contributed by atoms with Gasteiger partial charge in [0.2, 0.25) is 17.7 Å². The summed E-state index contributed by atoms with van der Waals surface area (Å²) in [6, 6.07) is -0.937. The first kappa shape index (κ1) is 37.8. The topological polar surface area (TPSA) is 121 Å². The largest absolute Gasteiger partial charge is 0.353 e. The molecule has 0 aromatic heterocycles. The Hall–Kier alpha value is -2.25. The molecule has 0 aliphatic heterocycles. The Labute approximate surface area is 244 Å². The highest BCUT2D eigenvalue weighted by atomic mass is 16.2. The average molecular weight is 566 g/mol. The third-order valence-corrected chi connectivity index (χ3v) is 7.33. The highest BCUT2D eigenvalue weighted by molar-refractivity contribution is 5.82. The summed E-state index contributed by atoms with van der Waals surface area (Å²) >= 11 is 0. The van der Waals surface area contributed by atoms with Crippen molar-refractivity contribution in [2.45, 2.75) is 168 Å². The molecule has 3 N–H and O–H groups in total. The van der Waals surface area contributed by atoms with Crippen LogP contribution in [0.2, 0.25) is 0 Å². The number of aldehydes is 1. The van der Waals surface area contributed by atoms with E-state index in [1.807, 2.05) is 0 Å². The van der Waals surface area contributed by atoms with Gasteiger partial charge in [-0.25, -0.2) is 0 Å². The van der Waals surface area contributed by atoms with Crippen LogP contribution >= 0.6 is 0 Å². The fourth-order valence-electron chi connectivity index (χ4n) is 4.94. The van der Waals surface area contributed by atoms with Gasteiger partial charge in [-0.1, -0.05) is 91.9 Å². The zero-order valence-electron chi connectivity index (χ0n) is 26.2. The van der Waals surface area contributed by atoms with E-state index in [0.717, 1.165) is 70.5 Å². The average Bonchev–Trinajstić information content (AvgIpc) is 2.87. The molecule has 0 radical (unpaired) electrons. The molecular weight excluding hydrogens is 506 g/mol. The molecule has 4 atom stereocenters. The van der Waals surface area contributed by atoms with E-state index in [4.69, 9.17) is 0 Å². The van der Waals surface area contributed by atoms with Gasteiger partial charge in [-0.15, -0.1) is 0 Å². The van der Waals surface area contributed by atoms with Gasteiger partial charge in [-0.05, 0) is 32.1 Å². The molecule has 0 bridgehead atoms. The van der Waals surface area contributed by atoms with E-state index in [1.165, 1.54) is 13.3 Å². The molecule has 0 aliphatic rings. The third-order valence-electron chi connectivity index (χ3n) is 7.33. The van der Waals surface area contributed by atoms with Crippen LogP contribution < -0.4 is 16.0 Å². The van der Waals surface area contributed by atoms with E-state index in [1.54, 1.807) is 0 Å². The molecule has 0 saturated carbocycles. The van der Waals surface area contributed by atoms with Crippen molar-refractivity contribution in [2.24, 2.45) is 5.92 Å². The Morgan fingerprint density at radius 2 is 1.02 bits per heavy atom. The second kappa shape index (κ2) is 24.5. The second-order valence-electron chi connectivity index (χ2n) is 11.6. The summed E-state index contributed by atoms with van der Waals surface area (Å²) in [5.74, 6) is -0.0582. The molecule has 0 aromatic carbocycles. The molecule has 8 heteroatoms. The Morgan fingerprint density at radius 3 is 1.45 bits per heavy atom. The number of carbonyl (C=O) groups is 5. The molecule has 0 spiro atoms. The van der Waals surface area contributed by atoms with Crippen LogP contribution in [-0.2, 0) is 24.0 Å². The molecule has 0 fully saturated rings. The van der Waals surface area contributed by atoms with Crippen LogP contribution in [0.3, 0.4) is 0 Å². The van der Waals surface area contributed by atoms with E-state index < -0.39 is 0 Å². The van der Waals surface area contributed by atoms with E-state index >= 15 is 0 Å². The monoisotopic (exact) mass is 565 g/mol. The van der Waals surface area contributed by atoms with Gasteiger partial charge < -0.3 is 25.5 Å². The number of rotatable bonds is 26. The van der Waals surface area contributed by atoms with Crippen LogP contribution in [0, 0.1) is 5.92 Å². The summed E-state index contributed by atoms with van der Waals surface area (Å²) in [5, 5.41) is 9.05. The molecule has 3 amide bonds. The van der Waals surface area contributed by atoms with Gasteiger partial charge in [0.1, 0.15) is 12.1 Å². The Bertz CT molecular complexity index is 727. The maximum absolute atomic E-state index is 13.1. The van der Waals surface area contributed by atoms with E-state index in [0.29, 0.717) is 31.6 Å². The summed E-state index contributed by atoms with van der Waals surface area (Å²) in [7, 11) is 0. The molecule has 40 heavy (non-hydrogen) atoms. The summed E-state index contributed by atoms with van der Waals surface area (Å²) in [6.45, 7) is 10.0. The fraction of sp³-hybridized carbons (Fsp3) is 0.844. The maximum Gasteiger partial charge on any atom is 0.222 e. The van der Waals surface area contributed by atoms with Crippen molar-refractivity contribution in [3.8, 4) is 0 Å². The molecule has 8 nitrogen and oxygen atoms in total. The molecule has 0 aromatic rings. The number of hydrogen-bond acceptors (Lipinski definition) is 5. The van der Waals surface area contributed by atoms with Crippen LogP contribution in [0.15, 0.2) is 0 Å². The van der Waals surface area contributed by atoms with Crippen molar-refractivity contribution in [1.29, 1.82) is 0 Å². The molecular formula is C32H59N3O5. The lowest BCUT2D eigenvalue weighted by atomic mass is 9.98. The molecule has 0 rings (SSSR count). The minimum Gasteiger partial charge on any atom is -0.353 e. The van der Waals surface area contributed by atoms with Crippen molar-refractivity contribution in [3.63, 3.8) is 0 Å². The van der Waals surface area contributed by atoms with Crippen molar-refractivity contribution >= 4 is 29.8 Å². The number of unbranched alkanes of at least 4 members (excludes halogenated alkanes) is 6. The minimum absolute atomic E-state index is 0.00366. The van der Waals surface area contributed by atoms with Gasteiger partial charge >= 0.3 is 0 Å². The van der Waals surface area contributed by atoms with Crippen LogP contribution in [0.1, 0.15) is 150 Å². The molecule has 232 valence electrons. The summed E-state index contributed by atoms with van der Waals surface area (Å²) in [5.41, 5.74) is 0. The molecule has 0 saturated heterocycles. The fourth-order valence-corrected chi connectivity index (χ4v) is 4.94. The standard InChI is InChI=1S/C32H59N3O5/c1-6-9-12-15-25(4)22-30(38)34-28(16-13-10-7-2)24-32(40)35-29(17-14-11-8-3)23-31(39)33-27(20-21-36)19-18-26(5)37/h21,25,27-29H,6-20,22-24H2,1-5H3,(H,33,39)(H,34,38)(H,35,40). The molecule has 4 unspecified atom stereocenters. The number of nitrogens with one attached hydrogen (secondary N) is 3. The van der Waals surface area contributed by atoms with Crippen LogP contribution in [-0.4, -0.2) is 47.9 Å². The first-order valence-corrected chi connectivity index (χ1v) is 16.0. The van der Waals surface area contributed by atoms with Crippen LogP contribution in [0.5, 0.6) is 0 Å². The number of amides is 3. The van der Waals surface area contributed by atoms with E-state index in [9.17, 15) is 24.0 Å². The van der Waals surface area contributed by atoms with Gasteiger partial charge in [-0.3, -0.25) is 14.4 Å². The van der Waals surface area contributed by atoms with Gasteiger partial charge in [0, 0.05) is 50.2 Å². The van der Waals surface area contributed by atoms with E-state index in [2.05, 4.69) is 43.6 Å². The first-order valence-electron chi connectivity index (χ1n) is 16.0. The zero-order chi connectivity index (χ0) is 30.2. The smallest absolute Gasteiger partial charge is 0.222 e. The second-order valence-corrected chi connectivity index (χ2v) is 11.6. The lowest BCUT2D eigenvalue weighted by Crippen LogP contribution is -2.45. The minimum atomic E-state index is -0.386. The lowest BCUT2D eigenvalue weighted by Gasteiger charge is -2.23. The third kappa shape index (κ3) is 21.6. The van der Waals surface area contributed by atoms with Crippen LogP contribution in [0.25, 0.3) is 0 Å². The van der Waals surface area contributed by atoms with Crippen molar-refractivity contribution in [1.82, 2.24) is 16.0 Å². The number of carbonyl (C=O) groups excluding carboxylic acids is 5. The quantitative estimate of drug-likeness (QED) is 0.0884. The summed E-state index contributed by atoms with van der Waals surface area (Å²) in [4.78, 5) is 61.1. The van der Waals surface area contributed by atoms with Gasteiger partial charge in [-0.2, -0.15) is 0 Å². The van der Waals surface area contributed by atoms with Gasteiger partial charge in [0.15, 0.2) is 0 Å². The summed E-state index contributed by atoms with van der Waals surface area (Å²) < 4.78 is 0. The molecule has 0 aliphatic carbocycles. The predicted octanol–water partition coefficient (Wildman–Crippen LogP) is 5.95. The van der Waals surface area contributed by atoms with Crippen molar-refractivity contribution in [2.75, 3.05) is 0 Å². The predicted molar refractivity (Wildman–Crippen MR) is 162 cm³/mol. The van der Waals surface area contributed by atoms with Crippen molar-refractivity contribution in [3.05, 3.63) is 0 Å². The van der Waals surface area contributed by atoms with Crippen molar-refractivity contribution < 1.29 is 24.0 Å². The maximum atomic E-state index is 13.1. The van der Waals surface area contributed by atoms with Gasteiger partial charge in [0.05, 0.1) is 0 Å². The Balaban J connectivity index is 5.15. The highest BCUT2D eigenvalue weighted by Crippen LogP contribution is 2.15. The van der Waals surface area contributed by atoms with E-state index in [-0.39, 0.29) is 60.9 Å². The summed E-state index contributed by atoms with van der Waals surface area (Å²) in [6.07, 6.45) is 14.3. The SMILES string of the molecule is CCCCCC(C)CC(=O)NC(CCCCC)CC(=O)NC(CCCCC)CC(=O)NC(CC=O)CCC(C)=O. The normalized spacial score (nSPS) is 14.0. The number of ketones is 1. The van der Waals surface area contributed by atoms with Crippen LogP contribution in [0.4, 0.5) is 0 Å². The number of hydrogen-bond donors (Lipinski definition) is 3. The first-order chi connectivity index (χ1) is 19.1.